The molecule has 0 spiro atoms. The Kier molecular flexibility index (Phi) is 7.68. The lowest BCUT2D eigenvalue weighted by atomic mass is 9.96. The summed E-state index contributed by atoms with van der Waals surface area (Å²) < 4.78 is 37.2. The molecule has 0 atom stereocenters. The number of alkyl halides is 3. The van der Waals surface area contributed by atoms with Crippen LogP contribution < -0.4 is 0 Å². The molecule has 0 N–H and O–H groups in total. The third-order valence-corrected chi connectivity index (χ3v) is 4.79. The van der Waals surface area contributed by atoms with E-state index in [0.717, 1.165) is 6.07 Å². The van der Waals surface area contributed by atoms with Crippen molar-refractivity contribution in [2.45, 2.75) is 58.5 Å². The molecule has 0 amide bonds. The Morgan fingerprint density at radius 3 is 1.89 bits per heavy atom. The molecule has 0 saturated carbocycles. The monoisotopic (exact) mass is 386 g/mol. The summed E-state index contributed by atoms with van der Waals surface area (Å²) in [5, 5.41) is 0. The van der Waals surface area contributed by atoms with Crippen LogP contribution >= 0.6 is 0 Å². The molecule has 0 saturated heterocycles. The van der Waals surface area contributed by atoms with E-state index in [4.69, 9.17) is 0 Å². The topological polar surface area (TPSA) is 0 Å². The highest BCUT2D eigenvalue weighted by molar-refractivity contribution is 5.74. The van der Waals surface area contributed by atoms with Crippen molar-refractivity contribution >= 4 is 5.57 Å². The van der Waals surface area contributed by atoms with E-state index in [-0.39, 0.29) is 5.92 Å². The minimum Gasteiger partial charge on any atom is -0.166 e. The summed E-state index contributed by atoms with van der Waals surface area (Å²) in [5.74, 6) is 0.521. The lowest BCUT2D eigenvalue weighted by Crippen LogP contribution is -2.09. The lowest BCUT2D eigenvalue weighted by Gasteiger charge is -2.14. The molecule has 1 aliphatic rings. The minimum atomic E-state index is -4.24. The fraction of sp³-hybridized carbons (Fsp3) is 0.360. The van der Waals surface area contributed by atoms with Gasteiger partial charge in [0.05, 0.1) is 5.56 Å². The van der Waals surface area contributed by atoms with E-state index in [2.05, 4.69) is 56.3 Å². The highest BCUT2D eigenvalue weighted by atomic mass is 19.4. The molecule has 0 bridgehead atoms. The molecule has 0 aliphatic heterocycles. The Hall–Kier alpha value is -2.29. The molecule has 1 aliphatic carbocycles. The summed E-state index contributed by atoms with van der Waals surface area (Å²) >= 11 is 0. The van der Waals surface area contributed by atoms with Crippen molar-refractivity contribution in [3.63, 3.8) is 0 Å². The second-order valence-corrected chi connectivity index (χ2v) is 7.66. The van der Waals surface area contributed by atoms with E-state index in [9.17, 15) is 13.2 Å². The van der Waals surface area contributed by atoms with Gasteiger partial charge in [-0.25, -0.2) is 0 Å². The van der Waals surface area contributed by atoms with Crippen molar-refractivity contribution in [1.82, 2.24) is 0 Å². The highest BCUT2D eigenvalue weighted by Crippen LogP contribution is 2.34. The minimum absolute atomic E-state index is 0.0992. The van der Waals surface area contributed by atoms with Gasteiger partial charge in [-0.2, -0.15) is 13.2 Å². The zero-order valence-corrected chi connectivity index (χ0v) is 17.1. The summed E-state index contributed by atoms with van der Waals surface area (Å²) in [5.41, 5.74) is 3.96. The zero-order valence-electron chi connectivity index (χ0n) is 17.1. The van der Waals surface area contributed by atoms with Gasteiger partial charge < -0.3 is 0 Å². The fourth-order valence-electron chi connectivity index (χ4n) is 3.15. The number of rotatable bonds is 3. The predicted molar refractivity (Wildman–Crippen MR) is 112 cm³/mol. The molecule has 3 rings (SSSR count). The van der Waals surface area contributed by atoms with Crippen molar-refractivity contribution < 1.29 is 13.2 Å². The Balaban J connectivity index is 0.000000203. The van der Waals surface area contributed by atoms with Gasteiger partial charge >= 0.3 is 6.18 Å². The molecular weight excluding hydrogens is 357 g/mol. The molecule has 0 aromatic heterocycles. The van der Waals surface area contributed by atoms with Gasteiger partial charge in [0, 0.05) is 0 Å². The Morgan fingerprint density at radius 1 is 0.786 bits per heavy atom. The van der Waals surface area contributed by atoms with Crippen LogP contribution in [0.3, 0.4) is 0 Å². The van der Waals surface area contributed by atoms with Gasteiger partial charge in [-0.15, -0.1) is 0 Å². The van der Waals surface area contributed by atoms with Crippen LogP contribution in [0.25, 0.3) is 5.57 Å². The summed E-state index contributed by atoms with van der Waals surface area (Å²) in [6.07, 6.45) is 4.94. The summed E-state index contributed by atoms with van der Waals surface area (Å²) in [7, 11) is 0. The molecule has 2 aromatic rings. The van der Waals surface area contributed by atoms with Gasteiger partial charge in [0.1, 0.15) is 0 Å². The van der Waals surface area contributed by atoms with E-state index in [1.165, 1.54) is 41.7 Å². The maximum Gasteiger partial charge on any atom is 0.416 e. The van der Waals surface area contributed by atoms with Crippen LogP contribution in [0.2, 0.25) is 0 Å². The number of hydrogen-bond donors (Lipinski definition) is 0. The standard InChI is InChI=1S/C15H18.C10H11F3/c1-12(2)13-8-10-15(11-9-13)14-6-4-3-5-7-14;1-7(2)8-5-3-4-6-9(8)10(11,12)13/h4,6-12H,3,5H2,1-2H3;3-7H,1-2H3. The molecule has 0 radical (unpaired) electrons. The first-order chi connectivity index (χ1) is 13.2. The second-order valence-electron chi connectivity index (χ2n) is 7.66. The van der Waals surface area contributed by atoms with Crippen molar-refractivity contribution in [2.75, 3.05) is 0 Å². The van der Waals surface area contributed by atoms with E-state index < -0.39 is 11.7 Å². The zero-order chi connectivity index (χ0) is 20.7. The number of benzene rings is 2. The first-order valence-corrected chi connectivity index (χ1v) is 9.83. The van der Waals surface area contributed by atoms with Gasteiger partial charge in [-0.3, -0.25) is 0 Å². The number of halogens is 3. The van der Waals surface area contributed by atoms with Gasteiger partial charge in [0.2, 0.25) is 0 Å². The first kappa shape index (κ1) is 22.0. The van der Waals surface area contributed by atoms with Crippen LogP contribution in [0.4, 0.5) is 13.2 Å². The van der Waals surface area contributed by atoms with Crippen LogP contribution in [0.15, 0.2) is 66.8 Å². The molecule has 150 valence electrons. The number of allylic oxidation sites excluding steroid dienone is 4. The van der Waals surface area contributed by atoms with Crippen LogP contribution in [0.5, 0.6) is 0 Å². The van der Waals surface area contributed by atoms with Gasteiger partial charge in [0.25, 0.3) is 0 Å². The SMILES string of the molecule is CC(C)c1ccc(C2=CCCC=C2)cc1.CC(C)c1ccccc1C(F)(F)F. The highest BCUT2D eigenvalue weighted by Gasteiger charge is 2.33. The van der Waals surface area contributed by atoms with Crippen LogP contribution in [0.1, 0.15) is 74.6 Å². The summed E-state index contributed by atoms with van der Waals surface area (Å²) in [6, 6.07) is 14.6. The van der Waals surface area contributed by atoms with Crippen molar-refractivity contribution in [1.29, 1.82) is 0 Å². The molecule has 2 aromatic carbocycles. The first-order valence-electron chi connectivity index (χ1n) is 9.83. The van der Waals surface area contributed by atoms with E-state index in [1.807, 2.05) is 0 Å². The molecule has 0 nitrogen and oxygen atoms in total. The molecular formula is C25H29F3. The normalized spacial score (nSPS) is 14.0. The van der Waals surface area contributed by atoms with Crippen LogP contribution in [0, 0.1) is 0 Å². The number of hydrogen-bond acceptors (Lipinski definition) is 0. The van der Waals surface area contributed by atoms with E-state index in [1.54, 1.807) is 19.9 Å². The van der Waals surface area contributed by atoms with Crippen molar-refractivity contribution in [2.24, 2.45) is 0 Å². The predicted octanol–water partition coefficient (Wildman–Crippen LogP) is 8.37. The van der Waals surface area contributed by atoms with E-state index in [0.29, 0.717) is 11.5 Å². The van der Waals surface area contributed by atoms with Crippen LogP contribution in [-0.4, -0.2) is 0 Å². The Labute approximate surface area is 166 Å². The molecule has 3 heteroatoms. The van der Waals surface area contributed by atoms with Crippen molar-refractivity contribution in [3.8, 4) is 0 Å². The largest absolute Gasteiger partial charge is 0.416 e. The lowest BCUT2D eigenvalue weighted by molar-refractivity contribution is -0.138. The smallest absolute Gasteiger partial charge is 0.166 e. The average Bonchev–Trinajstić information content (AvgIpc) is 2.68. The third-order valence-electron chi connectivity index (χ3n) is 4.79. The van der Waals surface area contributed by atoms with Crippen molar-refractivity contribution in [3.05, 3.63) is 89.0 Å². The maximum absolute atomic E-state index is 12.4. The van der Waals surface area contributed by atoms with Gasteiger partial charge in [-0.1, -0.05) is 88.4 Å². The summed E-state index contributed by atoms with van der Waals surface area (Å²) in [6.45, 7) is 7.97. The molecule has 0 fully saturated rings. The summed E-state index contributed by atoms with van der Waals surface area (Å²) in [4.78, 5) is 0. The molecule has 0 unspecified atom stereocenters. The Bertz CT molecular complexity index is 806. The molecule has 28 heavy (non-hydrogen) atoms. The second kappa shape index (κ2) is 9.77. The Morgan fingerprint density at radius 2 is 1.43 bits per heavy atom. The van der Waals surface area contributed by atoms with Gasteiger partial charge in [-0.05, 0) is 53.0 Å². The average molecular weight is 387 g/mol. The third kappa shape index (κ3) is 6.12. The maximum atomic E-state index is 12.4. The van der Waals surface area contributed by atoms with Crippen LogP contribution in [-0.2, 0) is 6.18 Å². The van der Waals surface area contributed by atoms with E-state index >= 15 is 0 Å². The fourth-order valence-corrected chi connectivity index (χ4v) is 3.15. The quantitative estimate of drug-likeness (QED) is 0.497. The molecule has 0 heterocycles. The van der Waals surface area contributed by atoms with Gasteiger partial charge in [0.15, 0.2) is 0 Å².